The SMILES string of the molecule is Cc1ccc(Oc2cc3n[nH]nc3cc2C#N)cc1. The standard InChI is InChI=1S/C14H10N4O/c1-9-2-4-11(5-3-9)19-14-7-13-12(16-18-17-13)6-10(14)8-15/h2-7H,1H3,(H,16,17,18). The Morgan fingerprint density at radius 3 is 2.47 bits per heavy atom. The van der Waals surface area contributed by atoms with Gasteiger partial charge in [0.1, 0.15) is 28.6 Å². The molecule has 92 valence electrons. The maximum absolute atomic E-state index is 9.15. The van der Waals surface area contributed by atoms with Crippen LogP contribution in [-0.4, -0.2) is 15.4 Å². The van der Waals surface area contributed by atoms with Crippen LogP contribution in [0, 0.1) is 18.3 Å². The maximum atomic E-state index is 9.15. The van der Waals surface area contributed by atoms with Crippen LogP contribution in [0.5, 0.6) is 11.5 Å². The molecule has 5 nitrogen and oxygen atoms in total. The van der Waals surface area contributed by atoms with Gasteiger partial charge in [-0.2, -0.15) is 20.7 Å². The maximum Gasteiger partial charge on any atom is 0.147 e. The number of nitrogens with zero attached hydrogens (tertiary/aromatic N) is 3. The summed E-state index contributed by atoms with van der Waals surface area (Å²) in [6, 6.07) is 13.1. The van der Waals surface area contributed by atoms with Gasteiger partial charge in [-0.15, -0.1) is 0 Å². The first-order valence-electron chi connectivity index (χ1n) is 5.75. The van der Waals surface area contributed by atoms with Gasteiger partial charge < -0.3 is 4.74 Å². The van der Waals surface area contributed by atoms with E-state index in [0.29, 0.717) is 28.1 Å². The monoisotopic (exact) mass is 250 g/mol. The van der Waals surface area contributed by atoms with Crippen molar-refractivity contribution < 1.29 is 4.74 Å². The number of nitriles is 1. The first-order valence-corrected chi connectivity index (χ1v) is 5.75. The van der Waals surface area contributed by atoms with E-state index in [1.807, 2.05) is 31.2 Å². The van der Waals surface area contributed by atoms with Crippen molar-refractivity contribution in [3.05, 3.63) is 47.5 Å². The number of rotatable bonds is 2. The van der Waals surface area contributed by atoms with E-state index in [0.717, 1.165) is 5.56 Å². The Kier molecular flexibility index (Phi) is 2.62. The molecule has 5 heteroatoms. The van der Waals surface area contributed by atoms with Gasteiger partial charge in [0.2, 0.25) is 0 Å². The third-order valence-electron chi connectivity index (χ3n) is 2.79. The zero-order valence-corrected chi connectivity index (χ0v) is 10.2. The molecule has 0 spiro atoms. The fraction of sp³-hybridized carbons (Fsp3) is 0.0714. The Morgan fingerprint density at radius 2 is 1.79 bits per heavy atom. The molecule has 0 atom stereocenters. The van der Waals surface area contributed by atoms with Crippen LogP contribution in [0.15, 0.2) is 36.4 Å². The lowest BCUT2D eigenvalue weighted by Gasteiger charge is -2.07. The zero-order valence-electron chi connectivity index (χ0n) is 10.2. The number of fused-ring (bicyclic) bond motifs is 1. The number of hydrogen-bond acceptors (Lipinski definition) is 4. The first kappa shape index (κ1) is 11.2. The second-order valence-corrected chi connectivity index (χ2v) is 4.19. The fourth-order valence-corrected chi connectivity index (χ4v) is 1.77. The summed E-state index contributed by atoms with van der Waals surface area (Å²) in [5.74, 6) is 1.16. The zero-order chi connectivity index (χ0) is 13.2. The summed E-state index contributed by atoms with van der Waals surface area (Å²) in [5.41, 5.74) is 2.90. The van der Waals surface area contributed by atoms with Gasteiger partial charge in [0, 0.05) is 6.07 Å². The van der Waals surface area contributed by atoms with Crippen LogP contribution in [0.4, 0.5) is 0 Å². The summed E-state index contributed by atoms with van der Waals surface area (Å²) in [6.07, 6.45) is 0. The lowest BCUT2D eigenvalue weighted by atomic mass is 10.2. The van der Waals surface area contributed by atoms with Crippen molar-refractivity contribution in [3.63, 3.8) is 0 Å². The molecule has 0 bridgehead atoms. The van der Waals surface area contributed by atoms with Gasteiger partial charge in [-0.05, 0) is 25.1 Å². The summed E-state index contributed by atoms with van der Waals surface area (Å²) in [7, 11) is 0. The van der Waals surface area contributed by atoms with E-state index in [4.69, 9.17) is 10.00 Å². The van der Waals surface area contributed by atoms with E-state index < -0.39 is 0 Å². The van der Waals surface area contributed by atoms with E-state index in [-0.39, 0.29) is 0 Å². The lowest BCUT2D eigenvalue weighted by molar-refractivity contribution is 0.481. The van der Waals surface area contributed by atoms with Crippen LogP contribution in [0.2, 0.25) is 0 Å². The van der Waals surface area contributed by atoms with E-state index >= 15 is 0 Å². The minimum atomic E-state index is 0.432. The second kappa shape index (κ2) is 4.42. The van der Waals surface area contributed by atoms with Crippen molar-refractivity contribution >= 4 is 11.0 Å². The number of H-pyrrole nitrogens is 1. The molecule has 0 fully saturated rings. The van der Waals surface area contributed by atoms with Crippen molar-refractivity contribution in [3.8, 4) is 17.6 Å². The fourth-order valence-electron chi connectivity index (χ4n) is 1.77. The Labute approximate surface area is 109 Å². The molecular weight excluding hydrogens is 240 g/mol. The molecule has 0 aliphatic heterocycles. The predicted molar refractivity (Wildman–Crippen MR) is 69.9 cm³/mol. The summed E-state index contributed by atoms with van der Waals surface area (Å²) in [4.78, 5) is 0. The van der Waals surface area contributed by atoms with Crippen LogP contribution in [-0.2, 0) is 0 Å². The largest absolute Gasteiger partial charge is 0.456 e. The van der Waals surface area contributed by atoms with Crippen LogP contribution < -0.4 is 4.74 Å². The third kappa shape index (κ3) is 2.11. The number of hydrogen-bond donors (Lipinski definition) is 1. The molecule has 0 saturated heterocycles. The van der Waals surface area contributed by atoms with E-state index in [1.54, 1.807) is 12.1 Å². The molecule has 3 aromatic rings. The molecule has 0 saturated carbocycles. The Bertz CT molecular complexity index is 768. The molecule has 1 aromatic heterocycles. The Hall–Kier alpha value is -2.87. The van der Waals surface area contributed by atoms with Gasteiger partial charge in [0.25, 0.3) is 0 Å². The van der Waals surface area contributed by atoms with Gasteiger partial charge in [-0.1, -0.05) is 17.7 Å². The minimum Gasteiger partial charge on any atom is -0.456 e. The van der Waals surface area contributed by atoms with Crippen molar-refractivity contribution in [2.24, 2.45) is 0 Å². The van der Waals surface area contributed by atoms with Crippen LogP contribution in [0.1, 0.15) is 11.1 Å². The van der Waals surface area contributed by atoms with Crippen LogP contribution in [0.25, 0.3) is 11.0 Å². The van der Waals surface area contributed by atoms with Crippen molar-refractivity contribution in [1.29, 1.82) is 5.26 Å². The minimum absolute atomic E-state index is 0.432. The number of aromatic amines is 1. The normalized spacial score (nSPS) is 10.3. The second-order valence-electron chi connectivity index (χ2n) is 4.19. The van der Waals surface area contributed by atoms with Crippen molar-refractivity contribution in [2.75, 3.05) is 0 Å². The molecule has 2 aromatic carbocycles. The number of benzene rings is 2. The van der Waals surface area contributed by atoms with Gasteiger partial charge in [-0.25, -0.2) is 0 Å². The summed E-state index contributed by atoms with van der Waals surface area (Å²) in [5, 5.41) is 19.6. The molecule has 3 rings (SSSR count). The number of nitrogens with one attached hydrogen (secondary N) is 1. The molecule has 0 unspecified atom stereocenters. The van der Waals surface area contributed by atoms with Crippen LogP contribution in [0.3, 0.4) is 0 Å². The molecule has 1 heterocycles. The highest BCUT2D eigenvalue weighted by molar-refractivity contribution is 5.78. The molecule has 0 amide bonds. The van der Waals surface area contributed by atoms with Crippen molar-refractivity contribution in [2.45, 2.75) is 6.92 Å². The van der Waals surface area contributed by atoms with Gasteiger partial charge >= 0.3 is 0 Å². The first-order chi connectivity index (χ1) is 9.26. The molecular formula is C14H10N4O. The van der Waals surface area contributed by atoms with Crippen LogP contribution >= 0.6 is 0 Å². The number of ether oxygens (including phenoxy) is 1. The van der Waals surface area contributed by atoms with E-state index in [1.165, 1.54) is 0 Å². The van der Waals surface area contributed by atoms with Gasteiger partial charge in [0.15, 0.2) is 0 Å². The average Bonchev–Trinajstić information content (AvgIpc) is 2.87. The smallest absolute Gasteiger partial charge is 0.147 e. The molecule has 19 heavy (non-hydrogen) atoms. The number of aromatic nitrogens is 3. The molecule has 0 aliphatic rings. The van der Waals surface area contributed by atoms with Gasteiger partial charge in [0.05, 0.1) is 5.56 Å². The quantitative estimate of drug-likeness (QED) is 0.758. The highest BCUT2D eigenvalue weighted by Crippen LogP contribution is 2.28. The highest BCUT2D eigenvalue weighted by atomic mass is 16.5. The van der Waals surface area contributed by atoms with Crippen molar-refractivity contribution in [1.82, 2.24) is 15.4 Å². The third-order valence-corrected chi connectivity index (χ3v) is 2.79. The summed E-state index contributed by atoms with van der Waals surface area (Å²) >= 11 is 0. The Balaban J connectivity index is 2.03. The lowest BCUT2D eigenvalue weighted by Crippen LogP contribution is -1.89. The van der Waals surface area contributed by atoms with E-state index in [9.17, 15) is 0 Å². The van der Waals surface area contributed by atoms with Gasteiger partial charge in [-0.3, -0.25) is 0 Å². The number of aryl methyl sites for hydroxylation is 1. The summed E-state index contributed by atoms with van der Waals surface area (Å²) in [6.45, 7) is 2.01. The summed E-state index contributed by atoms with van der Waals surface area (Å²) < 4.78 is 5.73. The molecule has 0 aliphatic carbocycles. The highest BCUT2D eigenvalue weighted by Gasteiger charge is 2.09. The average molecular weight is 250 g/mol. The predicted octanol–water partition coefficient (Wildman–Crippen LogP) is 2.93. The molecule has 1 N–H and O–H groups in total. The topological polar surface area (TPSA) is 74.6 Å². The molecule has 0 radical (unpaired) electrons. The van der Waals surface area contributed by atoms with E-state index in [2.05, 4.69) is 21.5 Å². The Morgan fingerprint density at radius 1 is 1.11 bits per heavy atom.